The van der Waals surface area contributed by atoms with Crippen molar-refractivity contribution in [3.8, 4) is 0 Å². The van der Waals surface area contributed by atoms with Crippen molar-refractivity contribution in [3.05, 3.63) is 81.1 Å². The van der Waals surface area contributed by atoms with E-state index in [1.54, 1.807) is 25.1 Å². The molecule has 34 heavy (non-hydrogen) atoms. The number of aromatic nitrogens is 4. The van der Waals surface area contributed by atoms with Crippen LogP contribution in [0.4, 0.5) is 19.0 Å². The maximum atomic E-state index is 14.4. The predicted octanol–water partition coefficient (Wildman–Crippen LogP) is 4.73. The number of nitrogen functional groups attached to an aromatic ring is 1. The molecular formula is C23H20ClF3N6O. The van der Waals surface area contributed by atoms with Crippen molar-refractivity contribution in [1.29, 1.82) is 0 Å². The summed E-state index contributed by atoms with van der Waals surface area (Å²) in [4.78, 5) is 20.9. The number of carbonyl (C=O) groups excluding carboxylic acids is 1. The molecule has 0 unspecified atom stereocenters. The predicted molar refractivity (Wildman–Crippen MR) is 122 cm³/mol. The van der Waals surface area contributed by atoms with Gasteiger partial charge in [-0.1, -0.05) is 11.6 Å². The summed E-state index contributed by atoms with van der Waals surface area (Å²) in [5, 5.41) is 7.31. The molecule has 0 saturated heterocycles. The van der Waals surface area contributed by atoms with E-state index in [1.165, 1.54) is 23.1 Å². The Balaban J connectivity index is 1.58. The molecule has 3 heterocycles. The Morgan fingerprint density at radius 2 is 2.00 bits per heavy atom. The topological polar surface area (TPSA) is 98.7 Å². The molecule has 0 atom stereocenters. The molecule has 176 valence electrons. The standard InChI is InChI=1S/C23H20ClF3N6O/c1-11-3-19(28)31-12(2)16(11)8-30-23(34)17-10-33(32-21(17)22(26)27)9-13-4-14-6-15(24)7-29-20(14)18(25)5-13/h3-7,10,22H,8-9H2,1-2H3,(H2,28,31)(H,30,34). The number of hydrogen-bond acceptors (Lipinski definition) is 5. The third kappa shape index (κ3) is 4.81. The summed E-state index contributed by atoms with van der Waals surface area (Å²) < 4.78 is 42.9. The van der Waals surface area contributed by atoms with Crippen molar-refractivity contribution in [2.75, 3.05) is 5.73 Å². The molecule has 3 N–H and O–H groups in total. The van der Waals surface area contributed by atoms with Gasteiger partial charge < -0.3 is 11.1 Å². The SMILES string of the molecule is Cc1cc(N)nc(C)c1CNC(=O)c1cn(Cc2cc(F)c3ncc(Cl)cc3c2)nc1C(F)F. The number of halogens is 4. The number of benzene rings is 1. The summed E-state index contributed by atoms with van der Waals surface area (Å²) >= 11 is 5.94. The van der Waals surface area contributed by atoms with Gasteiger partial charge in [-0.25, -0.2) is 18.2 Å². The van der Waals surface area contributed by atoms with Crippen LogP contribution >= 0.6 is 11.6 Å². The van der Waals surface area contributed by atoms with E-state index in [0.29, 0.717) is 27.5 Å². The van der Waals surface area contributed by atoms with Crippen LogP contribution in [0.15, 0.2) is 36.7 Å². The van der Waals surface area contributed by atoms with Gasteiger partial charge in [0.1, 0.15) is 22.8 Å². The fourth-order valence-corrected chi connectivity index (χ4v) is 3.95. The number of hydrogen-bond donors (Lipinski definition) is 2. The first-order chi connectivity index (χ1) is 16.1. The van der Waals surface area contributed by atoms with Crippen LogP contribution in [0.1, 0.15) is 44.9 Å². The number of nitrogens with two attached hydrogens (primary N) is 1. The second kappa shape index (κ2) is 9.30. The van der Waals surface area contributed by atoms with Gasteiger partial charge in [0.25, 0.3) is 12.3 Å². The first-order valence-corrected chi connectivity index (χ1v) is 10.6. The molecule has 4 aromatic rings. The fourth-order valence-electron chi connectivity index (χ4n) is 3.79. The zero-order valence-corrected chi connectivity index (χ0v) is 19.0. The molecule has 0 aliphatic carbocycles. The second-order valence-corrected chi connectivity index (χ2v) is 8.28. The Bertz CT molecular complexity index is 1380. The highest BCUT2D eigenvalue weighted by molar-refractivity contribution is 6.31. The minimum Gasteiger partial charge on any atom is -0.384 e. The van der Waals surface area contributed by atoms with Crippen LogP contribution < -0.4 is 11.1 Å². The number of carbonyl (C=O) groups is 1. The molecule has 11 heteroatoms. The zero-order valence-electron chi connectivity index (χ0n) is 18.2. The van der Waals surface area contributed by atoms with Gasteiger partial charge in [-0.15, -0.1) is 0 Å². The number of pyridine rings is 2. The number of alkyl halides is 2. The van der Waals surface area contributed by atoms with Gasteiger partial charge in [-0.3, -0.25) is 14.5 Å². The minimum absolute atomic E-state index is 0.0352. The van der Waals surface area contributed by atoms with E-state index in [-0.39, 0.29) is 24.2 Å². The molecule has 0 aliphatic rings. The number of nitrogens with one attached hydrogen (secondary N) is 1. The van der Waals surface area contributed by atoms with Gasteiger partial charge in [-0.2, -0.15) is 5.10 Å². The average molecular weight is 489 g/mol. The van der Waals surface area contributed by atoms with Crippen LogP contribution in [0, 0.1) is 19.7 Å². The van der Waals surface area contributed by atoms with E-state index in [4.69, 9.17) is 17.3 Å². The first-order valence-electron chi connectivity index (χ1n) is 10.2. The Kier molecular flexibility index (Phi) is 6.43. The molecule has 1 amide bonds. The van der Waals surface area contributed by atoms with E-state index < -0.39 is 23.8 Å². The lowest BCUT2D eigenvalue weighted by Crippen LogP contribution is -2.24. The Morgan fingerprint density at radius 1 is 1.24 bits per heavy atom. The van der Waals surface area contributed by atoms with E-state index in [0.717, 1.165) is 11.1 Å². The van der Waals surface area contributed by atoms with Crippen molar-refractivity contribution in [2.24, 2.45) is 0 Å². The van der Waals surface area contributed by atoms with Crippen LogP contribution in [-0.2, 0) is 13.1 Å². The number of anilines is 1. The van der Waals surface area contributed by atoms with Gasteiger partial charge in [0.15, 0.2) is 0 Å². The van der Waals surface area contributed by atoms with Crippen LogP contribution in [-0.4, -0.2) is 25.7 Å². The van der Waals surface area contributed by atoms with Gasteiger partial charge in [-0.05, 0) is 54.8 Å². The summed E-state index contributed by atoms with van der Waals surface area (Å²) in [6, 6.07) is 6.11. The summed E-state index contributed by atoms with van der Waals surface area (Å²) in [5.74, 6) is -0.932. The van der Waals surface area contributed by atoms with Crippen LogP contribution in [0.3, 0.4) is 0 Å². The molecule has 0 spiro atoms. The zero-order chi connectivity index (χ0) is 24.6. The van der Waals surface area contributed by atoms with E-state index in [1.807, 2.05) is 6.92 Å². The quantitative estimate of drug-likeness (QED) is 0.408. The lowest BCUT2D eigenvalue weighted by Gasteiger charge is -2.11. The molecule has 0 saturated carbocycles. The van der Waals surface area contributed by atoms with E-state index in [9.17, 15) is 18.0 Å². The van der Waals surface area contributed by atoms with Crippen LogP contribution in [0.2, 0.25) is 5.02 Å². The maximum Gasteiger partial charge on any atom is 0.282 e. The second-order valence-electron chi connectivity index (χ2n) is 7.84. The number of aryl methyl sites for hydroxylation is 2. The molecule has 0 radical (unpaired) electrons. The number of rotatable bonds is 6. The average Bonchev–Trinajstić information content (AvgIpc) is 3.16. The number of nitrogens with zero attached hydrogens (tertiary/aromatic N) is 4. The largest absolute Gasteiger partial charge is 0.384 e. The van der Waals surface area contributed by atoms with Crippen molar-refractivity contribution >= 4 is 34.2 Å². The highest BCUT2D eigenvalue weighted by atomic mass is 35.5. The molecular weight excluding hydrogens is 469 g/mol. The van der Waals surface area contributed by atoms with Gasteiger partial charge in [0.05, 0.1) is 17.1 Å². The summed E-state index contributed by atoms with van der Waals surface area (Å²) in [5.41, 5.74) is 7.58. The van der Waals surface area contributed by atoms with Crippen molar-refractivity contribution < 1.29 is 18.0 Å². The smallest absolute Gasteiger partial charge is 0.282 e. The van der Waals surface area contributed by atoms with Crippen LogP contribution in [0.5, 0.6) is 0 Å². The number of amides is 1. The van der Waals surface area contributed by atoms with Gasteiger partial charge >= 0.3 is 0 Å². The first kappa shape index (κ1) is 23.5. The Morgan fingerprint density at radius 3 is 2.71 bits per heavy atom. The van der Waals surface area contributed by atoms with Crippen LogP contribution in [0.25, 0.3) is 10.9 Å². The van der Waals surface area contributed by atoms with E-state index >= 15 is 0 Å². The summed E-state index contributed by atoms with van der Waals surface area (Å²) in [7, 11) is 0. The molecule has 0 fully saturated rings. The van der Waals surface area contributed by atoms with Crippen molar-refractivity contribution in [1.82, 2.24) is 25.1 Å². The third-order valence-electron chi connectivity index (χ3n) is 5.35. The van der Waals surface area contributed by atoms with E-state index in [2.05, 4.69) is 20.4 Å². The molecule has 1 aromatic carbocycles. The Hall–Kier alpha value is -3.66. The summed E-state index contributed by atoms with van der Waals surface area (Å²) in [6.45, 7) is 3.62. The van der Waals surface area contributed by atoms with Crippen molar-refractivity contribution in [3.63, 3.8) is 0 Å². The Labute approximate surface area is 197 Å². The number of fused-ring (bicyclic) bond motifs is 1. The van der Waals surface area contributed by atoms with Gasteiger partial charge in [0, 0.05) is 30.0 Å². The fraction of sp³-hybridized carbons (Fsp3) is 0.217. The van der Waals surface area contributed by atoms with Gasteiger partial charge in [0.2, 0.25) is 0 Å². The summed E-state index contributed by atoms with van der Waals surface area (Å²) in [6.07, 6.45) is -0.417. The molecule has 7 nitrogen and oxygen atoms in total. The highest BCUT2D eigenvalue weighted by Crippen LogP contribution is 2.24. The highest BCUT2D eigenvalue weighted by Gasteiger charge is 2.24. The third-order valence-corrected chi connectivity index (χ3v) is 5.56. The molecule has 0 aliphatic heterocycles. The lowest BCUT2D eigenvalue weighted by molar-refractivity contribution is 0.0936. The minimum atomic E-state index is -2.97. The normalized spacial score (nSPS) is 11.4. The molecule has 3 aromatic heterocycles. The molecule has 0 bridgehead atoms. The maximum absolute atomic E-state index is 14.4. The molecule has 4 rings (SSSR count). The lowest BCUT2D eigenvalue weighted by atomic mass is 10.1. The van der Waals surface area contributed by atoms with Crippen molar-refractivity contribution in [2.45, 2.75) is 33.4 Å². The monoisotopic (exact) mass is 488 g/mol.